The first kappa shape index (κ1) is 14.4. The van der Waals surface area contributed by atoms with Gasteiger partial charge in [0, 0.05) is 24.7 Å². The van der Waals surface area contributed by atoms with Gasteiger partial charge in [0.1, 0.15) is 0 Å². The van der Waals surface area contributed by atoms with Crippen LogP contribution in [0.4, 0.5) is 8.78 Å². The highest BCUT2D eigenvalue weighted by Crippen LogP contribution is 2.30. The maximum absolute atomic E-state index is 13.8. The Morgan fingerprint density at radius 1 is 1.37 bits per heavy atom. The first-order valence-electron chi connectivity index (χ1n) is 6.99. The molecule has 106 valence electrons. The molecule has 2 rings (SSSR count). The number of hydrogen-bond donors (Lipinski definition) is 1. The summed E-state index contributed by atoms with van der Waals surface area (Å²) >= 11 is 0. The highest BCUT2D eigenvalue weighted by molar-refractivity contribution is 5.22. The van der Waals surface area contributed by atoms with Gasteiger partial charge in [-0.2, -0.15) is 0 Å². The summed E-state index contributed by atoms with van der Waals surface area (Å²) in [5, 5.41) is 3.10. The molecule has 0 aromatic heterocycles. The largest absolute Gasteiger partial charge is 0.312 e. The van der Waals surface area contributed by atoms with Crippen LogP contribution in [0.5, 0.6) is 0 Å². The second-order valence-electron chi connectivity index (χ2n) is 5.28. The number of benzene rings is 1. The van der Waals surface area contributed by atoms with Crippen molar-refractivity contribution in [2.45, 2.75) is 25.8 Å². The highest BCUT2D eigenvalue weighted by Gasteiger charge is 2.26. The van der Waals surface area contributed by atoms with E-state index in [1.54, 1.807) is 19.2 Å². The van der Waals surface area contributed by atoms with Gasteiger partial charge in [-0.05, 0) is 38.4 Å². The standard InChI is InChI=1S/C15H22F2N2/c1-3-19(9-11-7-8-11)10-14(18-2)12-5-4-6-13(16)15(12)17/h4-6,11,14,18H,3,7-10H2,1-2H3. The van der Waals surface area contributed by atoms with Crippen LogP contribution < -0.4 is 5.32 Å². The van der Waals surface area contributed by atoms with Crippen LogP contribution in [0.3, 0.4) is 0 Å². The molecular weight excluding hydrogens is 246 g/mol. The summed E-state index contributed by atoms with van der Waals surface area (Å²) in [6.07, 6.45) is 2.60. The molecule has 0 heterocycles. The minimum Gasteiger partial charge on any atom is -0.312 e. The quantitative estimate of drug-likeness (QED) is 0.818. The molecule has 1 N–H and O–H groups in total. The summed E-state index contributed by atoms with van der Waals surface area (Å²) in [6.45, 7) is 4.82. The number of nitrogens with zero attached hydrogens (tertiary/aromatic N) is 1. The smallest absolute Gasteiger partial charge is 0.163 e. The van der Waals surface area contributed by atoms with E-state index in [-0.39, 0.29) is 6.04 Å². The maximum atomic E-state index is 13.8. The molecule has 2 nitrogen and oxygen atoms in total. The SMILES string of the molecule is CCN(CC1CC1)CC(NC)c1cccc(F)c1F. The zero-order valence-electron chi connectivity index (χ0n) is 11.6. The Labute approximate surface area is 113 Å². The predicted octanol–water partition coefficient (Wildman–Crippen LogP) is 2.96. The average Bonchev–Trinajstić information content (AvgIpc) is 3.22. The molecule has 0 radical (unpaired) electrons. The summed E-state index contributed by atoms with van der Waals surface area (Å²) in [4.78, 5) is 2.31. The van der Waals surface area contributed by atoms with E-state index in [9.17, 15) is 8.78 Å². The van der Waals surface area contributed by atoms with E-state index in [0.717, 1.165) is 25.1 Å². The van der Waals surface area contributed by atoms with Crippen LogP contribution in [0.25, 0.3) is 0 Å². The molecule has 0 spiro atoms. The van der Waals surface area contributed by atoms with Gasteiger partial charge in [-0.15, -0.1) is 0 Å². The fraction of sp³-hybridized carbons (Fsp3) is 0.600. The molecule has 0 amide bonds. The van der Waals surface area contributed by atoms with Crippen LogP contribution in [0.1, 0.15) is 31.4 Å². The molecule has 1 saturated carbocycles. The fourth-order valence-corrected chi connectivity index (χ4v) is 2.39. The summed E-state index contributed by atoms with van der Waals surface area (Å²) in [6, 6.07) is 4.21. The lowest BCUT2D eigenvalue weighted by Crippen LogP contribution is -2.35. The first-order valence-corrected chi connectivity index (χ1v) is 6.99. The molecular formula is C15H22F2N2. The van der Waals surface area contributed by atoms with Crippen molar-refractivity contribution in [3.8, 4) is 0 Å². The number of halogens is 2. The molecule has 1 aliphatic carbocycles. The molecule has 1 aromatic rings. The van der Waals surface area contributed by atoms with Gasteiger partial charge >= 0.3 is 0 Å². The fourth-order valence-electron chi connectivity index (χ4n) is 2.39. The molecule has 0 saturated heterocycles. The third kappa shape index (κ3) is 3.74. The van der Waals surface area contributed by atoms with E-state index in [2.05, 4.69) is 17.1 Å². The monoisotopic (exact) mass is 268 g/mol. The van der Waals surface area contributed by atoms with Gasteiger partial charge in [-0.3, -0.25) is 0 Å². The van der Waals surface area contributed by atoms with Crippen LogP contribution in [0.15, 0.2) is 18.2 Å². The van der Waals surface area contributed by atoms with E-state index in [0.29, 0.717) is 12.1 Å². The van der Waals surface area contributed by atoms with Crippen molar-refractivity contribution >= 4 is 0 Å². The zero-order chi connectivity index (χ0) is 13.8. The molecule has 4 heteroatoms. The van der Waals surface area contributed by atoms with E-state index in [4.69, 9.17) is 0 Å². The predicted molar refractivity (Wildman–Crippen MR) is 73.0 cm³/mol. The van der Waals surface area contributed by atoms with Gasteiger partial charge in [-0.1, -0.05) is 19.1 Å². The Balaban J connectivity index is 2.07. The normalized spacial score (nSPS) is 16.9. The van der Waals surface area contributed by atoms with E-state index < -0.39 is 11.6 Å². The molecule has 1 fully saturated rings. The third-order valence-electron chi connectivity index (χ3n) is 3.81. The van der Waals surface area contributed by atoms with Gasteiger partial charge in [0.05, 0.1) is 0 Å². The average molecular weight is 268 g/mol. The number of nitrogens with one attached hydrogen (secondary N) is 1. The van der Waals surface area contributed by atoms with Crippen molar-refractivity contribution in [1.82, 2.24) is 10.2 Å². The van der Waals surface area contributed by atoms with Gasteiger partial charge in [-0.25, -0.2) is 8.78 Å². The lowest BCUT2D eigenvalue weighted by atomic mass is 10.1. The van der Waals surface area contributed by atoms with Crippen molar-refractivity contribution < 1.29 is 8.78 Å². The van der Waals surface area contributed by atoms with Crippen molar-refractivity contribution in [1.29, 1.82) is 0 Å². The second-order valence-corrected chi connectivity index (χ2v) is 5.28. The van der Waals surface area contributed by atoms with Crippen molar-refractivity contribution in [2.75, 3.05) is 26.7 Å². The Bertz CT molecular complexity index is 419. The van der Waals surface area contributed by atoms with Crippen LogP contribution in [-0.4, -0.2) is 31.6 Å². The Hall–Kier alpha value is -1.00. The maximum Gasteiger partial charge on any atom is 0.163 e. The summed E-state index contributed by atoms with van der Waals surface area (Å²) in [5.74, 6) is -0.706. The Morgan fingerprint density at radius 3 is 2.68 bits per heavy atom. The van der Waals surface area contributed by atoms with Crippen molar-refractivity contribution in [3.63, 3.8) is 0 Å². The molecule has 1 aliphatic rings. The van der Waals surface area contributed by atoms with Crippen LogP contribution in [0, 0.1) is 17.6 Å². The van der Waals surface area contributed by atoms with Gasteiger partial charge in [0.15, 0.2) is 11.6 Å². The molecule has 1 aromatic carbocycles. The number of hydrogen-bond acceptors (Lipinski definition) is 2. The van der Waals surface area contributed by atoms with E-state index in [1.165, 1.54) is 12.8 Å². The van der Waals surface area contributed by atoms with Gasteiger partial charge in [0.25, 0.3) is 0 Å². The molecule has 1 unspecified atom stereocenters. The highest BCUT2D eigenvalue weighted by atomic mass is 19.2. The zero-order valence-corrected chi connectivity index (χ0v) is 11.6. The topological polar surface area (TPSA) is 15.3 Å². The Morgan fingerprint density at radius 2 is 2.11 bits per heavy atom. The minimum atomic E-state index is -0.775. The molecule has 1 atom stereocenters. The summed E-state index contributed by atoms with van der Waals surface area (Å²) in [5.41, 5.74) is 0.414. The number of likely N-dealkylation sites (N-methyl/N-ethyl adjacent to an activating group) is 2. The first-order chi connectivity index (χ1) is 9.15. The van der Waals surface area contributed by atoms with Crippen molar-refractivity contribution in [3.05, 3.63) is 35.4 Å². The van der Waals surface area contributed by atoms with Gasteiger partial charge < -0.3 is 10.2 Å². The molecule has 0 bridgehead atoms. The van der Waals surface area contributed by atoms with Gasteiger partial charge in [0.2, 0.25) is 0 Å². The third-order valence-corrected chi connectivity index (χ3v) is 3.81. The molecule has 0 aliphatic heterocycles. The summed E-state index contributed by atoms with van der Waals surface area (Å²) in [7, 11) is 1.79. The second kappa shape index (κ2) is 6.44. The van der Waals surface area contributed by atoms with E-state index >= 15 is 0 Å². The van der Waals surface area contributed by atoms with Crippen LogP contribution in [0.2, 0.25) is 0 Å². The van der Waals surface area contributed by atoms with Crippen LogP contribution in [-0.2, 0) is 0 Å². The molecule has 19 heavy (non-hydrogen) atoms. The minimum absolute atomic E-state index is 0.172. The lowest BCUT2D eigenvalue weighted by molar-refractivity contribution is 0.246. The summed E-state index contributed by atoms with van der Waals surface area (Å²) < 4.78 is 27.1. The van der Waals surface area contributed by atoms with Crippen molar-refractivity contribution in [2.24, 2.45) is 5.92 Å². The Kier molecular flexibility index (Phi) is 4.88. The lowest BCUT2D eigenvalue weighted by Gasteiger charge is -2.26. The number of rotatable bonds is 7. The van der Waals surface area contributed by atoms with Crippen LogP contribution >= 0.6 is 0 Å². The van der Waals surface area contributed by atoms with E-state index in [1.807, 2.05) is 0 Å².